The highest BCUT2D eigenvalue weighted by molar-refractivity contribution is 6.31. The van der Waals surface area contributed by atoms with E-state index in [-0.39, 0.29) is 6.61 Å². The molecule has 1 atom stereocenters. The van der Waals surface area contributed by atoms with Crippen LogP contribution in [-0.4, -0.2) is 31.7 Å². The largest absolute Gasteiger partial charge is 0.495 e. The minimum absolute atomic E-state index is 0.291. The smallest absolute Gasteiger partial charge is 0.344 e. The third-order valence-corrected chi connectivity index (χ3v) is 4.17. The van der Waals surface area contributed by atoms with E-state index in [2.05, 4.69) is 5.32 Å². The van der Waals surface area contributed by atoms with Crippen molar-refractivity contribution in [3.05, 3.63) is 52.5 Å². The van der Waals surface area contributed by atoms with E-state index in [9.17, 15) is 9.59 Å². The van der Waals surface area contributed by atoms with Crippen LogP contribution in [0.2, 0.25) is 5.02 Å². The van der Waals surface area contributed by atoms with Crippen molar-refractivity contribution in [1.82, 2.24) is 0 Å². The molecule has 0 unspecified atom stereocenters. The van der Waals surface area contributed by atoms with Gasteiger partial charge in [0.15, 0.2) is 12.7 Å². The maximum Gasteiger partial charge on any atom is 0.344 e. The van der Waals surface area contributed by atoms with E-state index in [0.29, 0.717) is 22.2 Å². The molecule has 144 valence electrons. The van der Waals surface area contributed by atoms with Crippen molar-refractivity contribution in [1.29, 1.82) is 0 Å². The SMILES string of the molecule is COc1ccc(Cl)cc1NC(=O)[C@H](C)OC(=O)COc1ccc(C)c(C)c1. The fraction of sp³-hybridized carbons (Fsp3) is 0.300. The lowest BCUT2D eigenvalue weighted by molar-refractivity contribution is -0.155. The summed E-state index contributed by atoms with van der Waals surface area (Å²) in [6, 6.07) is 10.3. The molecular formula is C20H22ClNO5. The summed E-state index contributed by atoms with van der Waals surface area (Å²) >= 11 is 5.93. The van der Waals surface area contributed by atoms with Crippen molar-refractivity contribution >= 4 is 29.2 Å². The van der Waals surface area contributed by atoms with Crippen LogP contribution >= 0.6 is 11.6 Å². The summed E-state index contributed by atoms with van der Waals surface area (Å²) in [7, 11) is 1.48. The lowest BCUT2D eigenvalue weighted by Crippen LogP contribution is -2.31. The van der Waals surface area contributed by atoms with Gasteiger partial charge in [-0.15, -0.1) is 0 Å². The normalized spacial score (nSPS) is 11.4. The van der Waals surface area contributed by atoms with Gasteiger partial charge in [-0.3, -0.25) is 4.79 Å². The van der Waals surface area contributed by atoms with Crippen molar-refractivity contribution in [3.63, 3.8) is 0 Å². The molecule has 0 saturated carbocycles. The lowest BCUT2D eigenvalue weighted by Gasteiger charge is -2.15. The van der Waals surface area contributed by atoms with Crippen molar-refractivity contribution in [3.8, 4) is 11.5 Å². The van der Waals surface area contributed by atoms with Crippen LogP contribution in [0.4, 0.5) is 5.69 Å². The van der Waals surface area contributed by atoms with E-state index in [0.717, 1.165) is 11.1 Å². The summed E-state index contributed by atoms with van der Waals surface area (Å²) in [6.45, 7) is 5.13. The molecule has 7 heteroatoms. The Morgan fingerprint density at radius 1 is 1.11 bits per heavy atom. The molecule has 2 rings (SSSR count). The zero-order valence-corrected chi connectivity index (χ0v) is 16.4. The van der Waals surface area contributed by atoms with Crippen molar-refractivity contribution < 1.29 is 23.8 Å². The third kappa shape index (κ3) is 5.89. The number of halogens is 1. The Labute approximate surface area is 163 Å². The third-order valence-electron chi connectivity index (χ3n) is 3.93. The maximum atomic E-state index is 12.3. The summed E-state index contributed by atoms with van der Waals surface area (Å²) in [5, 5.41) is 3.07. The highest BCUT2D eigenvalue weighted by Gasteiger charge is 2.20. The van der Waals surface area contributed by atoms with Gasteiger partial charge < -0.3 is 19.5 Å². The number of carbonyl (C=O) groups excluding carboxylic acids is 2. The predicted octanol–water partition coefficient (Wildman–Crippen LogP) is 3.91. The van der Waals surface area contributed by atoms with E-state index in [1.54, 1.807) is 24.3 Å². The van der Waals surface area contributed by atoms with Gasteiger partial charge in [-0.1, -0.05) is 17.7 Å². The Morgan fingerprint density at radius 3 is 2.52 bits per heavy atom. The number of amides is 1. The van der Waals surface area contributed by atoms with E-state index >= 15 is 0 Å². The standard InChI is InChI=1S/C20H22ClNO5/c1-12-5-7-16(9-13(12)2)26-11-19(23)27-14(3)20(24)22-17-10-15(21)6-8-18(17)25-4/h5-10,14H,11H2,1-4H3,(H,22,24)/t14-/m0/s1. The van der Waals surface area contributed by atoms with Crippen LogP contribution in [0.25, 0.3) is 0 Å². The molecular weight excluding hydrogens is 370 g/mol. The second-order valence-corrected chi connectivity index (χ2v) is 6.44. The highest BCUT2D eigenvalue weighted by atomic mass is 35.5. The first-order valence-corrected chi connectivity index (χ1v) is 8.72. The van der Waals surface area contributed by atoms with Gasteiger partial charge in [-0.2, -0.15) is 0 Å². The molecule has 0 fully saturated rings. The monoisotopic (exact) mass is 391 g/mol. The summed E-state index contributed by atoms with van der Waals surface area (Å²) in [4.78, 5) is 24.2. The number of carbonyl (C=O) groups is 2. The number of hydrogen-bond donors (Lipinski definition) is 1. The number of ether oxygens (including phenoxy) is 3. The average molecular weight is 392 g/mol. The first-order valence-electron chi connectivity index (χ1n) is 8.34. The van der Waals surface area contributed by atoms with Crippen LogP contribution in [0.1, 0.15) is 18.1 Å². The Bertz CT molecular complexity index is 837. The molecule has 0 aliphatic heterocycles. The Hall–Kier alpha value is -2.73. The molecule has 2 aromatic carbocycles. The number of hydrogen-bond acceptors (Lipinski definition) is 5. The maximum absolute atomic E-state index is 12.3. The van der Waals surface area contributed by atoms with Crippen LogP contribution in [0.5, 0.6) is 11.5 Å². The number of nitrogens with one attached hydrogen (secondary N) is 1. The Morgan fingerprint density at radius 2 is 1.85 bits per heavy atom. The molecule has 0 aliphatic rings. The van der Waals surface area contributed by atoms with Gasteiger partial charge in [0.25, 0.3) is 5.91 Å². The summed E-state index contributed by atoms with van der Waals surface area (Å²) in [5.74, 6) is -0.135. The molecule has 6 nitrogen and oxygen atoms in total. The van der Waals surface area contributed by atoms with Crippen LogP contribution in [-0.2, 0) is 14.3 Å². The lowest BCUT2D eigenvalue weighted by atomic mass is 10.1. The van der Waals surface area contributed by atoms with E-state index in [4.69, 9.17) is 25.8 Å². The van der Waals surface area contributed by atoms with Gasteiger partial charge in [0, 0.05) is 5.02 Å². The molecule has 0 aliphatic carbocycles. The van der Waals surface area contributed by atoms with E-state index in [1.807, 2.05) is 26.0 Å². The van der Waals surface area contributed by atoms with E-state index in [1.165, 1.54) is 14.0 Å². The summed E-state index contributed by atoms with van der Waals surface area (Å²) in [6.07, 6.45) is -1.01. The zero-order chi connectivity index (χ0) is 20.0. The van der Waals surface area contributed by atoms with Gasteiger partial charge in [0.2, 0.25) is 0 Å². The number of benzene rings is 2. The average Bonchev–Trinajstić information content (AvgIpc) is 2.63. The molecule has 0 radical (unpaired) electrons. The minimum Gasteiger partial charge on any atom is -0.495 e. The predicted molar refractivity (Wildman–Crippen MR) is 104 cm³/mol. The summed E-state index contributed by atoms with van der Waals surface area (Å²) in [5.41, 5.74) is 2.58. The highest BCUT2D eigenvalue weighted by Crippen LogP contribution is 2.27. The molecule has 0 heterocycles. The van der Waals surface area contributed by atoms with Crippen molar-refractivity contribution in [2.75, 3.05) is 19.0 Å². The minimum atomic E-state index is -1.01. The number of esters is 1. The van der Waals surface area contributed by atoms with E-state index < -0.39 is 18.0 Å². The fourth-order valence-electron chi connectivity index (χ4n) is 2.24. The van der Waals surface area contributed by atoms with Crippen LogP contribution < -0.4 is 14.8 Å². The molecule has 0 spiro atoms. The number of methoxy groups -OCH3 is 1. The van der Waals surface area contributed by atoms with Gasteiger partial charge in [0.05, 0.1) is 12.8 Å². The van der Waals surface area contributed by atoms with Gasteiger partial charge >= 0.3 is 5.97 Å². The first-order chi connectivity index (χ1) is 12.8. The molecule has 2 aromatic rings. The van der Waals surface area contributed by atoms with Crippen molar-refractivity contribution in [2.45, 2.75) is 26.9 Å². The second-order valence-electron chi connectivity index (χ2n) is 6.00. The summed E-state index contributed by atoms with van der Waals surface area (Å²) < 4.78 is 15.7. The molecule has 0 aromatic heterocycles. The van der Waals surface area contributed by atoms with Gasteiger partial charge in [-0.05, 0) is 62.2 Å². The van der Waals surface area contributed by atoms with Crippen molar-refractivity contribution in [2.24, 2.45) is 0 Å². The van der Waals surface area contributed by atoms with Gasteiger partial charge in [-0.25, -0.2) is 4.79 Å². The number of anilines is 1. The molecule has 1 N–H and O–H groups in total. The van der Waals surface area contributed by atoms with Crippen LogP contribution in [0.3, 0.4) is 0 Å². The van der Waals surface area contributed by atoms with Crippen LogP contribution in [0.15, 0.2) is 36.4 Å². The van der Waals surface area contributed by atoms with Gasteiger partial charge in [0.1, 0.15) is 11.5 Å². The number of rotatable bonds is 7. The Balaban J connectivity index is 1.89. The topological polar surface area (TPSA) is 73.9 Å². The molecule has 1 amide bonds. The fourth-order valence-corrected chi connectivity index (χ4v) is 2.42. The van der Waals surface area contributed by atoms with Crippen LogP contribution in [0, 0.1) is 13.8 Å². The number of aryl methyl sites for hydroxylation is 2. The molecule has 0 saturated heterocycles. The quantitative estimate of drug-likeness (QED) is 0.724. The first kappa shape index (κ1) is 20.6. The molecule has 0 bridgehead atoms. The Kier molecular flexibility index (Phi) is 7.07. The zero-order valence-electron chi connectivity index (χ0n) is 15.7. The molecule has 27 heavy (non-hydrogen) atoms. The second kappa shape index (κ2) is 9.28.